The summed E-state index contributed by atoms with van der Waals surface area (Å²) in [6, 6.07) is 2.83. The van der Waals surface area contributed by atoms with Gasteiger partial charge in [-0.15, -0.1) is 0 Å². The van der Waals surface area contributed by atoms with Crippen LogP contribution >= 0.6 is 0 Å². The first kappa shape index (κ1) is 14.3. The van der Waals surface area contributed by atoms with Crippen molar-refractivity contribution in [2.75, 3.05) is 18.3 Å². The SMILES string of the molecule is Nc1cc(C(F)(F)F)ccc1S(=O)COCC1CC1. The molecule has 1 aliphatic rings. The molecule has 0 bridgehead atoms. The maximum atomic E-state index is 12.4. The van der Waals surface area contributed by atoms with Crippen LogP contribution in [0.1, 0.15) is 18.4 Å². The summed E-state index contributed by atoms with van der Waals surface area (Å²) in [4.78, 5) is 0.184. The van der Waals surface area contributed by atoms with E-state index in [4.69, 9.17) is 10.5 Å². The molecule has 1 aromatic carbocycles. The third-order valence-electron chi connectivity index (χ3n) is 2.82. The van der Waals surface area contributed by atoms with Crippen LogP contribution < -0.4 is 5.73 Å². The third kappa shape index (κ3) is 3.94. The molecule has 2 N–H and O–H groups in total. The van der Waals surface area contributed by atoms with Crippen LogP contribution in [0, 0.1) is 5.92 Å². The molecular formula is C12H14F3NO2S. The molecule has 19 heavy (non-hydrogen) atoms. The summed E-state index contributed by atoms with van der Waals surface area (Å²) in [5, 5.41) is 0. The van der Waals surface area contributed by atoms with Gasteiger partial charge in [0.25, 0.3) is 0 Å². The van der Waals surface area contributed by atoms with Crippen molar-refractivity contribution in [3.05, 3.63) is 23.8 Å². The summed E-state index contributed by atoms with van der Waals surface area (Å²) in [6.07, 6.45) is -2.21. The van der Waals surface area contributed by atoms with Crippen LogP contribution in [0.25, 0.3) is 0 Å². The summed E-state index contributed by atoms with van der Waals surface area (Å²) in [7, 11) is -1.53. The van der Waals surface area contributed by atoms with Gasteiger partial charge in [0.05, 0.1) is 27.9 Å². The van der Waals surface area contributed by atoms with E-state index in [1.807, 2.05) is 0 Å². The van der Waals surface area contributed by atoms with Gasteiger partial charge in [-0.3, -0.25) is 4.21 Å². The number of rotatable bonds is 5. The maximum Gasteiger partial charge on any atom is 0.416 e. The first-order chi connectivity index (χ1) is 8.88. The first-order valence-electron chi connectivity index (χ1n) is 5.81. The fourth-order valence-corrected chi connectivity index (χ4v) is 2.49. The zero-order chi connectivity index (χ0) is 14.0. The lowest BCUT2D eigenvalue weighted by atomic mass is 10.2. The average Bonchev–Trinajstić information content (AvgIpc) is 3.11. The molecule has 106 valence electrons. The molecule has 0 spiro atoms. The second kappa shape index (κ2) is 5.50. The smallest absolute Gasteiger partial charge is 0.398 e. The van der Waals surface area contributed by atoms with Crippen LogP contribution in [-0.2, 0) is 21.7 Å². The van der Waals surface area contributed by atoms with Crippen molar-refractivity contribution in [2.24, 2.45) is 5.92 Å². The summed E-state index contributed by atoms with van der Waals surface area (Å²) in [6.45, 7) is 0.548. The molecule has 2 rings (SSSR count). The van der Waals surface area contributed by atoms with Crippen molar-refractivity contribution >= 4 is 16.5 Å². The lowest BCUT2D eigenvalue weighted by molar-refractivity contribution is -0.137. The summed E-state index contributed by atoms with van der Waals surface area (Å²) < 4.78 is 54.4. The molecule has 0 saturated heterocycles. The van der Waals surface area contributed by atoms with Gasteiger partial charge in [0.15, 0.2) is 0 Å². The van der Waals surface area contributed by atoms with Crippen LogP contribution in [0.3, 0.4) is 0 Å². The van der Waals surface area contributed by atoms with E-state index in [1.54, 1.807) is 0 Å². The molecule has 0 heterocycles. The predicted octanol–water partition coefficient (Wildman–Crippen LogP) is 2.78. The molecule has 1 aromatic rings. The molecule has 1 fully saturated rings. The lowest BCUT2D eigenvalue weighted by Gasteiger charge is -2.10. The number of anilines is 1. The number of hydrogen-bond donors (Lipinski definition) is 1. The van der Waals surface area contributed by atoms with Crippen LogP contribution in [-0.4, -0.2) is 16.8 Å². The van der Waals surface area contributed by atoms with E-state index in [1.165, 1.54) is 0 Å². The van der Waals surface area contributed by atoms with E-state index in [0.717, 1.165) is 31.0 Å². The molecule has 1 saturated carbocycles. The number of nitrogens with two attached hydrogens (primary N) is 1. The van der Waals surface area contributed by atoms with Crippen LogP contribution in [0.15, 0.2) is 23.1 Å². The minimum atomic E-state index is -4.45. The Labute approximate surface area is 111 Å². The number of halogens is 3. The van der Waals surface area contributed by atoms with Crippen molar-refractivity contribution in [2.45, 2.75) is 23.9 Å². The van der Waals surface area contributed by atoms with E-state index in [2.05, 4.69) is 0 Å². The van der Waals surface area contributed by atoms with Crippen molar-refractivity contribution in [1.29, 1.82) is 0 Å². The summed E-state index contributed by atoms with van der Waals surface area (Å²) in [5.41, 5.74) is 4.55. The highest BCUT2D eigenvalue weighted by Gasteiger charge is 2.31. The standard InChI is InChI=1S/C12H14F3NO2S/c13-12(14,15)9-3-4-11(10(16)5-9)19(17)7-18-6-8-1-2-8/h3-5,8H,1-2,6-7,16H2. The Bertz CT molecular complexity index is 486. The van der Waals surface area contributed by atoms with Gasteiger partial charge in [0.1, 0.15) is 5.94 Å². The van der Waals surface area contributed by atoms with E-state index < -0.39 is 22.5 Å². The van der Waals surface area contributed by atoms with Gasteiger partial charge in [0, 0.05) is 5.69 Å². The van der Waals surface area contributed by atoms with Gasteiger partial charge < -0.3 is 10.5 Å². The Kier molecular flexibility index (Phi) is 4.15. The van der Waals surface area contributed by atoms with Crippen LogP contribution in [0.4, 0.5) is 18.9 Å². The van der Waals surface area contributed by atoms with E-state index in [-0.39, 0.29) is 16.5 Å². The monoisotopic (exact) mass is 293 g/mol. The Morgan fingerprint density at radius 3 is 2.58 bits per heavy atom. The normalized spacial score (nSPS) is 17.4. The molecular weight excluding hydrogens is 279 g/mol. The van der Waals surface area contributed by atoms with Crippen molar-refractivity contribution in [3.63, 3.8) is 0 Å². The van der Waals surface area contributed by atoms with Gasteiger partial charge >= 0.3 is 6.18 Å². The topological polar surface area (TPSA) is 52.3 Å². The fourth-order valence-electron chi connectivity index (χ4n) is 1.57. The second-order valence-corrected chi connectivity index (χ2v) is 5.89. The second-order valence-electron chi connectivity index (χ2n) is 4.53. The molecule has 0 radical (unpaired) electrons. The van der Waals surface area contributed by atoms with Crippen molar-refractivity contribution in [1.82, 2.24) is 0 Å². The highest BCUT2D eigenvalue weighted by molar-refractivity contribution is 7.85. The Balaban J connectivity index is 2.00. The Morgan fingerprint density at radius 2 is 2.05 bits per heavy atom. The lowest BCUT2D eigenvalue weighted by Crippen LogP contribution is -2.10. The van der Waals surface area contributed by atoms with E-state index >= 15 is 0 Å². The zero-order valence-electron chi connectivity index (χ0n) is 10.1. The number of ether oxygens (including phenoxy) is 1. The highest BCUT2D eigenvalue weighted by atomic mass is 32.2. The van der Waals surface area contributed by atoms with Crippen molar-refractivity contribution < 1.29 is 22.1 Å². The average molecular weight is 293 g/mol. The first-order valence-corrected chi connectivity index (χ1v) is 7.12. The molecule has 0 aromatic heterocycles. The van der Waals surface area contributed by atoms with E-state index in [9.17, 15) is 17.4 Å². The Hall–Kier alpha value is -1.08. The molecule has 1 unspecified atom stereocenters. The number of hydrogen-bond acceptors (Lipinski definition) is 3. The van der Waals surface area contributed by atoms with Gasteiger partial charge in [-0.05, 0) is 37.0 Å². The highest BCUT2D eigenvalue weighted by Crippen LogP contribution is 2.32. The summed E-state index contributed by atoms with van der Waals surface area (Å²) in [5.74, 6) is 0.508. The van der Waals surface area contributed by atoms with Gasteiger partial charge in [0.2, 0.25) is 0 Å². The molecule has 3 nitrogen and oxygen atoms in total. The molecule has 0 aliphatic heterocycles. The zero-order valence-corrected chi connectivity index (χ0v) is 10.9. The Morgan fingerprint density at radius 1 is 1.37 bits per heavy atom. The molecule has 0 amide bonds. The van der Waals surface area contributed by atoms with Gasteiger partial charge in [-0.2, -0.15) is 13.2 Å². The number of benzene rings is 1. The van der Waals surface area contributed by atoms with Gasteiger partial charge in [-0.25, -0.2) is 0 Å². The minimum Gasteiger partial charge on any atom is -0.398 e. The maximum absolute atomic E-state index is 12.4. The van der Waals surface area contributed by atoms with Crippen LogP contribution in [0.5, 0.6) is 0 Å². The third-order valence-corrected chi connectivity index (χ3v) is 4.07. The fraction of sp³-hybridized carbons (Fsp3) is 0.500. The number of nitrogen functional groups attached to an aromatic ring is 1. The van der Waals surface area contributed by atoms with Crippen molar-refractivity contribution in [3.8, 4) is 0 Å². The quantitative estimate of drug-likeness (QED) is 0.849. The van der Waals surface area contributed by atoms with E-state index in [0.29, 0.717) is 12.5 Å². The van der Waals surface area contributed by atoms with Crippen LogP contribution in [0.2, 0.25) is 0 Å². The van der Waals surface area contributed by atoms with Gasteiger partial charge in [-0.1, -0.05) is 0 Å². The molecule has 1 aliphatic carbocycles. The molecule has 1 atom stereocenters. The minimum absolute atomic E-state index is 0.0357. The summed E-state index contributed by atoms with van der Waals surface area (Å²) >= 11 is 0. The predicted molar refractivity (Wildman–Crippen MR) is 65.8 cm³/mol. The molecule has 7 heteroatoms. The largest absolute Gasteiger partial charge is 0.416 e. The number of alkyl halides is 3.